The average Bonchev–Trinajstić information content (AvgIpc) is 1.85. The van der Waals surface area contributed by atoms with Gasteiger partial charge in [-0.25, -0.2) is 16.8 Å². The molecule has 0 radical (unpaired) electrons. The van der Waals surface area contributed by atoms with E-state index in [0.29, 0.717) is 0 Å². The molecule has 1 rings (SSSR count). The first-order valence-corrected chi connectivity index (χ1v) is 3.48. The molecule has 0 aromatic heterocycles. The third-order valence-corrected chi connectivity index (χ3v) is 1.70. The zero-order valence-corrected chi connectivity index (χ0v) is 6.83. The van der Waals surface area contributed by atoms with Crippen LogP contribution in [0.25, 0.3) is 0 Å². The number of rotatable bonds is 1. The van der Waals surface area contributed by atoms with Crippen molar-refractivity contribution < 1.29 is 0 Å². The Balaban J connectivity index is 3.21. The van der Waals surface area contributed by atoms with Crippen molar-refractivity contribution in [3.63, 3.8) is 0 Å². The van der Waals surface area contributed by atoms with Crippen molar-refractivity contribution in [1.82, 2.24) is 0 Å². The SMILES string of the molecule is Cc1cccc(C)c1N(N)N. The van der Waals surface area contributed by atoms with Gasteiger partial charge in [-0.3, -0.25) is 0 Å². The van der Waals surface area contributed by atoms with Crippen LogP contribution in [0.4, 0.5) is 5.69 Å². The summed E-state index contributed by atoms with van der Waals surface area (Å²) in [5, 5.41) is 1.16. The lowest BCUT2D eigenvalue weighted by molar-refractivity contribution is 0.911. The lowest BCUT2D eigenvalue weighted by Gasteiger charge is -2.16. The molecular weight excluding hydrogens is 138 g/mol. The molecule has 4 N–H and O–H groups in total. The Labute approximate surface area is 66.5 Å². The molecule has 0 heterocycles. The number of nitrogens with two attached hydrogens (primary N) is 2. The molecule has 0 bridgehead atoms. The van der Waals surface area contributed by atoms with Crippen LogP contribution in [0.15, 0.2) is 18.2 Å². The number of hydrogen-bond donors (Lipinski definition) is 2. The van der Waals surface area contributed by atoms with E-state index in [1.807, 2.05) is 32.0 Å². The fraction of sp³-hybridized carbons (Fsp3) is 0.250. The van der Waals surface area contributed by atoms with Crippen LogP contribution in [0, 0.1) is 13.8 Å². The molecular formula is C8H13N3. The lowest BCUT2D eigenvalue weighted by Crippen LogP contribution is -2.38. The summed E-state index contributed by atoms with van der Waals surface area (Å²) in [5.41, 5.74) is 3.08. The quantitative estimate of drug-likeness (QED) is 0.462. The van der Waals surface area contributed by atoms with Gasteiger partial charge in [-0.05, 0) is 25.0 Å². The summed E-state index contributed by atoms with van der Waals surface area (Å²) in [7, 11) is 0. The zero-order chi connectivity index (χ0) is 8.43. The predicted octanol–water partition coefficient (Wildman–Crippen LogP) is 0.857. The van der Waals surface area contributed by atoms with E-state index in [1.54, 1.807) is 0 Å². The maximum atomic E-state index is 5.43. The Kier molecular flexibility index (Phi) is 2.12. The molecule has 60 valence electrons. The van der Waals surface area contributed by atoms with Gasteiger partial charge in [-0.1, -0.05) is 18.2 Å². The number of hydrazine groups is 2. The number of nitrogens with zero attached hydrogens (tertiary/aromatic N) is 1. The highest BCUT2D eigenvalue weighted by Crippen LogP contribution is 2.19. The fourth-order valence-corrected chi connectivity index (χ4v) is 1.21. The van der Waals surface area contributed by atoms with Crippen LogP contribution in [0.3, 0.4) is 0 Å². The average molecular weight is 151 g/mol. The molecule has 3 heteroatoms. The van der Waals surface area contributed by atoms with E-state index in [-0.39, 0.29) is 0 Å². The molecule has 3 nitrogen and oxygen atoms in total. The summed E-state index contributed by atoms with van der Waals surface area (Å²) in [6, 6.07) is 5.95. The van der Waals surface area contributed by atoms with Crippen LogP contribution in [-0.4, -0.2) is 0 Å². The zero-order valence-electron chi connectivity index (χ0n) is 6.83. The second kappa shape index (κ2) is 2.90. The van der Waals surface area contributed by atoms with Gasteiger partial charge < -0.3 is 0 Å². The Morgan fingerprint density at radius 3 is 1.82 bits per heavy atom. The number of benzene rings is 1. The van der Waals surface area contributed by atoms with Crippen molar-refractivity contribution in [2.24, 2.45) is 11.7 Å². The first-order valence-electron chi connectivity index (χ1n) is 3.48. The minimum Gasteiger partial charge on any atom is -0.246 e. The van der Waals surface area contributed by atoms with E-state index in [2.05, 4.69) is 0 Å². The van der Waals surface area contributed by atoms with Crippen LogP contribution in [0.2, 0.25) is 0 Å². The van der Waals surface area contributed by atoms with Crippen molar-refractivity contribution >= 4 is 5.69 Å². The number of hydrogen-bond acceptors (Lipinski definition) is 3. The van der Waals surface area contributed by atoms with Crippen molar-refractivity contribution in [3.8, 4) is 0 Å². The Hall–Kier alpha value is -1.06. The van der Waals surface area contributed by atoms with E-state index >= 15 is 0 Å². The fourth-order valence-electron chi connectivity index (χ4n) is 1.21. The topological polar surface area (TPSA) is 55.3 Å². The second-order valence-corrected chi connectivity index (χ2v) is 2.65. The van der Waals surface area contributed by atoms with E-state index in [0.717, 1.165) is 21.9 Å². The highest BCUT2D eigenvalue weighted by atomic mass is 15.6. The summed E-state index contributed by atoms with van der Waals surface area (Å²) in [6.07, 6.45) is 0. The molecule has 0 saturated carbocycles. The van der Waals surface area contributed by atoms with Crippen LogP contribution in [0.1, 0.15) is 11.1 Å². The minimum absolute atomic E-state index is 0.896. The summed E-state index contributed by atoms with van der Waals surface area (Å²) < 4.78 is 0. The van der Waals surface area contributed by atoms with E-state index in [1.165, 1.54) is 0 Å². The highest BCUT2D eigenvalue weighted by molar-refractivity contribution is 5.56. The van der Waals surface area contributed by atoms with Gasteiger partial charge in [0.05, 0.1) is 5.69 Å². The third-order valence-electron chi connectivity index (χ3n) is 1.70. The monoisotopic (exact) mass is 151 g/mol. The smallest absolute Gasteiger partial charge is 0.0755 e. The first-order chi connectivity index (χ1) is 5.13. The summed E-state index contributed by atoms with van der Waals surface area (Å²) in [5.74, 6) is 10.9. The lowest BCUT2D eigenvalue weighted by atomic mass is 10.1. The molecule has 0 amide bonds. The van der Waals surface area contributed by atoms with Crippen LogP contribution < -0.4 is 16.8 Å². The molecule has 0 atom stereocenters. The molecule has 0 saturated heterocycles. The van der Waals surface area contributed by atoms with Gasteiger partial charge in [0.1, 0.15) is 0 Å². The Morgan fingerprint density at radius 2 is 1.55 bits per heavy atom. The van der Waals surface area contributed by atoms with E-state index < -0.39 is 0 Å². The highest BCUT2D eigenvalue weighted by Gasteiger charge is 2.03. The molecule has 0 unspecified atom stereocenters. The second-order valence-electron chi connectivity index (χ2n) is 2.65. The molecule has 0 fully saturated rings. The van der Waals surface area contributed by atoms with Gasteiger partial charge >= 0.3 is 0 Å². The Bertz CT molecular complexity index is 235. The number of anilines is 1. The van der Waals surface area contributed by atoms with Gasteiger partial charge in [0, 0.05) is 0 Å². The summed E-state index contributed by atoms with van der Waals surface area (Å²) >= 11 is 0. The number of para-hydroxylation sites is 1. The molecule has 0 aliphatic rings. The van der Waals surface area contributed by atoms with Crippen LogP contribution in [0.5, 0.6) is 0 Å². The van der Waals surface area contributed by atoms with Crippen LogP contribution >= 0.6 is 0 Å². The van der Waals surface area contributed by atoms with Crippen molar-refractivity contribution in [3.05, 3.63) is 29.3 Å². The molecule has 0 aliphatic heterocycles. The molecule has 1 aromatic rings. The molecule has 0 spiro atoms. The minimum atomic E-state index is 0.896. The molecule has 11 heavy (non-hydrogen) atoms. The van der Waals surface area contributed by atoms with E-state index in [4.69, 9.17) is 11.7 Å². The third kappa shape index (κ3) is 1.50. The number of aryl methyl sites for hydroxylation is 2. The van der Waals surface area contributed by atoms with Crippen LogP contribution in [-0.2, 0) is 0 Å². The normalized spacial score (nSPS) is 9.82. The Morgan fingerprint density at radius 1 is 1.09 bits per heavy atom. The maximum Gasteiger partial charge on any atom is 0.0755 e. The van der Waals surface area contributed by atoms with Gasteiger partial charge in [0.25, 0.3) is 0 Å². The molecule has 0 aliphatic carbocycles. The standard InChI is InChI=1S/C8H13N3/c1-6-4-3-5-7(2)8(6)11(9)10/h3-5H,9-10H2,1-2H3. The summed E-state index contributed by atoms with van der Waals surface area (Å²) in [6.45, 7) is 3.96. The first kappa shape index (κ1) is 8.04. The van der Waals surface area contributed by atoms with Crippen molar-refractivity contribution in [1.29, 1.82) is 0 Å². The molecule has 1 aromatic carbocycles. The summed E-state index contributed by atoms with van der Waals surface area (Å²) in [4.78, 5) is 0. The van der Waals surface area contributed by atoms with Gasteiger partial charge in [-0.15, -0.1) is 0 Å². The van der Waals surface area contributed by atoms with Crippen molar-refractivity contribution in [2.45, 2.75) is 13.8 Å². The largest absolute Gasteiger partial charge is 0.246 e. The van der Waals surface area contributed by atoms with Gasteiger partial charge in [0.15, 0.2) is 0 Å². The predicted molar refractivity (Wildman–Crippen MR) is 46.8 cm³/mol. The van der Waals surface area contributed by atoms with E-state index in [9.17, 15) is 0 Å². The van der Waals surface area contributed by atoms with Gasteiger partial charge in [-0.2, -0.15) is 0 Å². The van der Waals surface area contributed by atoms with Gasteiger partial charge in [0.2, 0.25) is 0 Å². The van der Waals surface area contributed by atoms with Crippen molar-refractivity contribution in [2.75, 3.05) is 5.12 Å². The maximum absolute atomic E-state index is 5.43.